The number of hydrogen-bond donors (Lipinski definition) is 2. The molecule has 3 N–H and O–H groups in total. The van der Waals surface area contributed by atoms with Crippen molar-refractivity contribution >= 4 is 45.1 Å². The maximum absolute atomic E-state index is 13.0. The number of tetrazole rings is 1. The van der Waals surface area contributed by atoms with Crippen LogP contribution >= 0.6 is 11.6 Å². The van der Waals surface area contributed by atoms with E-state index in [1.54, 1.807) is 24.3 Å². The maximum Gasteiger partial charge on any atom is 0.254 e. The molecule has 2 heterocycles. The van der Waals surface area contributed by atoms with E-state index in [9.17, 15) is 18.0 Å². The monoisotopic (exact) mass is 534 g/mol. The summed E-state index contributed by atoms with van der Waals surface area (Å²) in [4.78, 5) is 26.6. The van der Waals surface area contributed by atoms with Gasteiger partial charge < -0.3 is 20.7 Å². The molecule has 0 saturated carbocycles. The Bertz CT molecular complexity index is 1390. The summed E-state index contributed by atoms with van der Waals surface area (Å²) in [6, 6.07) is 10.6. The minimum atomic E-state index is -3.87. The van der Waals surface area contributed by atoms with Gasteiger partial charge in [0.05, 0.1) is 30.5 Å². The molecule has 1 aliphatic rings. The van der Waals surface area contributed by atoms with Crippen molar-refractivity contribution in [3.05, 3.63) is 53.1 Å². The third-order valence-electron chi connectivity index (χ3n) is 5.36. The van der Waals surface area contributed by atoms with Crippen LogP contribution in [-0.2, 0) is 19.6 Å². The normalized spacial score (nSPS) is 14.4. The SMILES string of the molecule is CN(CC(=O)Nc1ccc(Cl)c(S(=O)(=O)N2CCOCC2)c1)C(=O)c1cccc(-n2nnnc2N)c1. The lowest BCUT2D eigenvalue weighted by molar-refractivity contribution is -0.116. The number of hydrogen-bond acceptors (Lipinski definition) is 9. The smallest absolute Gasteiger partial charge is 0.254 e. The van der Waals surface area contributed by atoms with E-state index in [4.69, 9.17) is 22.1 Å². The molecule has 0 bridgehead atoms. The Morgan fingerprint density at radius 3 is 2.64 bits per heavy atom. The lowest BCUT2D eigenvalue weighted by Gasteiger charge is -2.26. The molecule has 0 radical (unpaired) electrons. The minimum Gasteiger partial charge on any atom is -0.379 e. The summed E-state index contributed by atoms with van der Waals surface area (Å²) in [5.74, 6) is -0.889. The standard InChI is InChI=1S/C21H23ClN8O5S/c1-28(20(32)14-3-2-4-16(11-14)30-21(23)25-26-27-30)13-19(31)24-15-5-6-17(22)18(12-15)36(33,34)29-7-9-35-10-8-29/h2-6,11-12H,7-10,13H2,1H3,(H,24,31)(H2,23,25,27). The number of carbonyl (C=O) groups excluding carboxylic acids is 2. The van der Waals surface area contributed by atoms with E-state index in [1.165, 1.54) is 39.1 Å². The van der Waals surface area contributed by atoms with Crippen molar-refractivity contribution in [1.82, 2.24) is 29.4 Å². The number of amides is 2. The summed E-state index contributed by atoms with van der Waals surface area (Å²) >= 11 is 6.17. The Morgan fingerprint density at radius 1 is 1.19 bits per heavy atom. The summed E-state index contributed by atoms with van der Waals surface area (Å²) in [5.41, 5.74) is 6.72. The van der Waals surface area contributed by atoms with E-state index in [0.717, 1.165) is 0 Å². The Hall–Kier alpha value is -3.59. The fraction of sp³-hybridized carbons (Fsp3) is 0.286. The first-order chi connectivity index (χ1) is 17.2. The van der Waals surface area contributed by atoms with Gasteiger partial charge in [0.25, 0.3) is 5.91 Å². The molecule has 1 aromatic heterocycles. The van der Waals surface area contributed by atoms with Crippen LogP contribution in [0.5, 0.6) is 0 Å². The van der Waals surface area contributed by atoms with E-state index in [0.29, 0.717) is 24.5 Å². The number of benzene rings is 2. The van der Waals surface area contributed by atoms with E-state index >= 15 is 0 Å². The van der Waals surface area contributed by atoms with E-state index < -0.39 is 21.8 Å². The molecule has 2 aromatic carbocycles. The number of likely N-dealkylation sites (N-methyl/N-ethyl adjacent to an activating group) is 1. The molecule has 15 heteroatoms. The molecule has 13 nitrogen and oxygen atoms in total. The maximum atomic E-state index is 13.0. The van der Waals surface area contributed by atoms with Gasteiger partial charge in [-0.15, -0.1) is 0 Å². The van der Waals surface area contributed by atoms with Crippen LogP contribution < -0.4 is 11.1 Å². The quantitative estimate of drug-likeness (QED) is 0.442. The summed E-state index contributed by atoms with van der Waals surface area (Å²) in [5, 5.41) is 13.5. The van der Waals surface area contributed by atoms with Crippen LogP contribution in [-0.4, -0.2) is 89.5 Å². The van der Waals surface area contributed by atoms with Crippen molar-refractivity contribution in [2.45, 2.75) is 4.90 Å². The number of ether oxygens (including phenoxy) is 1. The van der Waals surface area contributed by atoms with Gasteiger partial charge in [-0.2, -0.15) is 8.99 Å². The van der Waals surface area contributed by atoms with Gasteiger partial charge in [0.1, 0.15) is 4.90 Å². The van der Waals surface area contributed by atoms with Crippen LogP contribution in [0.25, 0.3) is 5.69 Å². The predicted molar refractivity (Wildman–Crippen MR) is 130 cm³/mol. The Balaban J connectivity index is 1.44. The molecule has 0 atom stereocenters. The van der Waals surface area contributed by atoms with Gasteiger partial charge in [-0.25, -0.2) is 8.42 Å². The molecule has 3 aromatic rings. The second-order valence-corrected chi connectivity index (χ2v) is 10.2. The van der Waals surface area contributed by atoms with Crippen molar-refractivity contribution in [2.24, 2.45) is 0 Å². The van der Waals surface area contributed by atoms with E-state index in [1.807, 2.05) is 0 Å². The first-order valence-electron chi connectivity index (χ1n) is 10.7. The average molecular weight is 535 g/mol. The number of rotatable bonds is 7. The van der Waals surface area contributed by atoms with Crippen LogP contribution in [0.3, 0.4) is 0 Å². The van der Waals surface area contributed by atoms with Crippen LogP contribution in [0.1, 0.15) is 10.4 Å². The molecule has 1 saturated heterocycles. The number of nitrogen functional groups attached to an aromatic ring is 1. The molecule has 2 amide bonds. The van der Waals surface area contributed by atoms with Gasteiger partial charge >= 0.3 is 0 Å². The lowest BCUT2D eigenvalue weighted by atomic mass is 10.1. The van der Waals surface area contributed by atoms with Gasteiger partial charge in [-0.3, -0.25) is 9.59 Å². The highest BCUT2D eigenvalue weighted by Gasteiger charge is 2.29. The number of carbonyl (C=O) groups is 2. The summed E-state index contributed by atoms with van der Waals surface area (Å²) in [6.07, 6.45) is 0. The number of morpholine rings is 1. The van der Waals surface area contributed by atoms with Gasteiger partial charge in [-0.05, 0) is 46.8 Å². The van der Waals surface area contributed by atoms with Crippen LogP contribution in [0.2, 0.25) is 5.02 Å². The predicted octanol–water partition coefficient (Wildman–Crippen LogP) is 0.630. The molecule has 190 valence electrons. The van der Waals surface area contributed by atoms with Crippen LogP contribution in [0.15, 0.2) is 47.4 Å². The highest BCUT2D eigenvalue weighted by atomic mass is 35.5. The lowest BCUT2D eigenvalue weighted by Crippen LogP contribution is -2.40. The third kappa shape index (κ3) is 5.46. The van der Waals surface area contributed by atoms with Gasteiger partial charge in [0.15, 0.2) is 0 Å². The Labute approximate surface area is 211 Å². The topological polar surface area (TPSA) is 166 Å². The van der Waals surface area contributed by atoms with Crippen molar-refractivity contribution in [3.8, 4) is 5.69 Å². The molecule has 0 unspecified atom stereocenters. The van der Waals surface area contributed by atoms with Gasteiger partial charge in [0.2, 0.25) is 21.9 Å². The van der Waals surface area contributed by atoms with Crippen LogP contribution in [0, 0.1) is 0 Å². The van der Waals surface area contributed by atoms with Crippen molar-refractivity contribution in [3.63, 3.8) is 0 Å². The van der Waals surface area contributed by atoms with Gasteiger partial charge in [0, 0.05) is 31.4 Å². The molecule has 36 heavy (non-hydrogen) atoms. The fourth-order valence-corrected chi connectivity index (χ4v) is 5.47. The number of nitrogens with two attached hydrogens (primary N) is 1. The number of anilines is 2. The molecule has 0 aliphatic carbocycles. The third-order valence-corrected chi connectivity index (χ3v) is 7.74. The molecule has 1 fully saturated rings. The van der Waals surface area contributed by atoms with Crippen molar-refractivity contribution < 1.29 is 22.7 Å². The first-order valence-corrected chi connectivity index (χ1v) is 12.6. The summed E-state index contributed by atoms with van der Waals surface area (Å²) in [7, 11) is -2.40. The zero-order valence-corrected chi connectivity index (χ0v) is 20.7. The molecule has 4 rings (SSSR count). The second-order valence-electron chi connectivity index (χ2n) is 7.87. The Morgan fingerprint density at radius 2 is 1.94 bits per heavy atom. The molecule has 0 spiro atoms. The first kappa shape index (κ1) is 25.5. The van der Waals surface area contributed by atoms with Crippen molar-refractivity contribution in [1.29, 1.82) is 0 Å². The number of sulfonamides is 1. The van der Waals surface area contributed by atoms with Crippen molar-refractivity contribution in [2.75, 3.05) is 50.9 Å². The second kappa shape index (κ2) is 10.6. The summed E-state index contributed by atoms with van der Waals surface area (Å²) < 4.78 is 33.8. The minimum absolute atomic E-state index is 0.0369. The largest absolute Gasteiger partial charge is 0.379 e. The van der Waals surface area contributed by atoms with Gasteiger partial charge in [-0.1, -0.05) is 22.8 Å². The number of nitrogens with zero attached hydrogens (tertiary/aromatic N) is 6. The highest BCUT2D eigenvalue weighted by Crippen LogP contribution is 2.28. The fourth-order valence-electron chi connectivity index (χ4n) is 3.56. The highest BCUT2D eigenvalue weighted by molar-refractivity contribution is 7.89. The number of halogens is 1. The average Bonchev–Trinajstić information content (AvgIpc) is 3.31. The zero-order valence-electron chi connectivity index (χ0n) is 19.2. The Kier molecular flexibility index (Phi) is 7.49. The summed E-state index contributed by atoms with van der Waals surface area (Å²) in [6.45, 7) is 0.719. The number of nitrogens with one attached hydrogen (secondary N) is 1. The molecular weight excluding hydrogens is 512 g/mol. The van der Waals surface area contributed by atoms with Crippen LogP contribution in [0.4, 0.5) is 11.6 Å². The zero-order chi connectivity index (χ0) is 25.9. The van der Waals surface area contributed by atoms with E-state index in [-0.39, 0.29) is 41.2 Å². The molecule has 1 aliphatic heterocycles. The molecular formula is C21H23ClN8O5S. The van der Waals surface area contributed by atoms with E-state index in [2.05, 4.69) is 20.8 Å². The number of aromatic nitrogens is 4.